The lowest BCUT2D eigenvalue weighted by Crippen LogP contribution is -1.98. The second-order valence-corrected chi connectivity index (χ2v) is 6.40. The first-order valence-corrected chi connectivity index (χ1v) is 8.74. The summed E-state index contributed by atoms with van der Waals surface area (Å²) in [6.07, 6.45) is 2.84. The second-order valence-electron chi connectivity index (χ2n) is 6.40. The number of anilines is 2. The number of aromatic nitrogens is 3. The minimum Gasteiger partial charge on any atom is -0.457 e. The summed E-state index contributed by atoms with van der Waals surface area (Å²) in [5.74, 6) is 2.00. The molecular weight excluding hydrogens is 354 g/mol. The van der Waals surface area contributed by atoms with Crippen LogP contribution in [0.2, 0.25) is 0 Å². The number of aryl methyl sites for hydroxylation is 2. The number of rotatable bonds is 5. The van der Waals surface area contributed by atoms with Gasteiger partial charge in [0.2, 0.25) is 5.95 Å². The quantitative estimate of drug-likeness (QED) is 0.303. The van der Waals surface area contributed by atoms with E-state index in [2.05, 4.69) is 39.5 Å². The van der Waals surface area contributed by atoms with E-state index in [0.29, 0.717) is 17.2 Å². The molecule has 0 spiro atoms. The topological polar surface area (TPSA) is 84.6 Å². The summed E-state index contributed by atoms with van der Waals surface area (Å²) in [5, 5.41) is 15.0. The van der Waals surface area contributed by atoms with E-state index in [4.69, 9.17) is 9.94 Å². The van der Waals surface area contributed by atoms with Gasteiger partial charge in [-0.15, -0.1) is 0 Å². The number of pyridine rings is 1. The maximum absolute atomic E-state index is 8.64. The summed E-state index contributed by atoms with van der Waals surface area (Å²) in [6, 6.07) is 17.3. The van der Waals surface area contributed by atoms with Crippen molar-refractivity contribution >= 4 is 28.9 Å². The van der Waals surface area contributed by atoms with Crippen molar-refractivity contribution in [2.24, 2.45) is 12.2 Å². The molecule has 2 aromatic carbocycles. The molecule has 0 unspecified atom stereocenters. The van der Waals surface area contributed by atoms with Crippen LogP contribution >= 0.6 is 0 Å². The zero-order valence-electron chi connectivity index (χ0n) is 15.5. The molecule has 0 amide bonds. The third kappa shape index (κ3) is 3.64. The predicted molar refractivity (Wildman–Crippen MR) is 109 cm³/mol. The van der Waals surface area contributed by atoms with Crippen molar-refractivity contribution in [1.82, 2.24) is 14.5 Å². The maximum Gasteiger partial charge on any atom is 0.208 e. The van der Waals surface area contributed by atoms with Gasteiger partial charge in [0.1, 0.15) is 11.5 Å². The van der Waals surface area contributed by atoms with E-state index in [-0.39, 0.29) is 0 Å². The molecule has 2 aromatic heterocycles. The minimum absolute atomic E-state index is 0.503. The minimum atomic E-state index is 0.503. The maximum atomic E-state index is 8.64. The summed E-state index contributed by atoms with van der Waals surface area (Å²) in [4.78, 5) is 8.75. The van der Waals surface area contributed by atoms with E-state index < -0.39 is 0 Å². The summed E-state index contributed by atoms with van der Waals surface area (Å²) in [5.41, 5.74) is 4.51. The van der Waals surface area contributed by atoms with Gasteiger partial charge in [-0.2, -0.15) is 0 Å². The van der Waals surface area contributed by atoms with Crippen molar-refractivity contribution in [3.05, 3.63) is 72.1 Å². The molecule has 0 aliphatic rings. The fourth-order valence-corrected chi connectivity index (χ4v) is 2.88. The number of benzene rings is 2. The van der Waals surface area contributed by atoms with Gasteiger partial charge < -0.3 is 19.8 Å². The van der Waals surface area contributed by atoms with Crippen LogP contribution in [0.25, 0.3) is 11.0 Å². The van der Waals surface area contributed by atoms with E-state index >= 15 is 0 Å². The molecule has 0 atom stereocenters. The van der Waals surface area contributed by atoms with Crippen LogP contribution in [0.15, 0.2) is 65.9 Å². The number of nitrogens with one attached hydrogen (secondary N) is 1. The van der Waals surface area contributed by atoms with Crippen LogP contribution < -0.4 is 10.1 Å². The number of fused-ring (bicyclic) bond motifs is 1. The first kappa shape index (κ1) is 17.5. The normalized spacial score (nSPS) is 11.2. The van der Waals surface area contributed by atoms with Gasteiger partial charge in [-0.1, -0.05) is 22.9 Å². The van der Waals surface area contributed by atoms with E-state index in [1.54, 1.807) is 18.3 Å². The molecule has 0 bridgehead atoms. The number of hydrogen-bond donors (Lipinski definition) is 2. The van der Waals surface area contributed by atoms with E-state index in [0.717, 1.165) is 22.7 Å². The highest BCUT2D eigenvalue weighted by molar-refractivity contribution is 5.81. The number of oxime groups is 1. The van der Waals surface area contributed by atoms with Gasteiger partial charge in [-0.05, 0) is 37.3 Å². The molecule has 0 radical (unpaired) electrons. The van der Waals surface area contributed by atoms with Crippen LogP contribution in [0.1, 0.15) is 11.3 Å². The molecule has 0 aliphatic heterocycles. The lowest BCUT2D eigenvalue weighted by atomic mass is 10.2. The number of ether oxygens (including phenoxy) is 1. The Morgan fingerprint density at radius 1 is 1.07 bits per heavy atom. The molecule has 140 valence electrons. The summed E-state index contributed by atoms with van der Waals surface area (Å²) in [7, 11) is 1.97. The highest BCUT2D eigenvalue weighted by Crippen LogP contribution is 2.28. The molecule has 2 heterocycles. The fraction of sp³-hybridized carbons (Fsp3) is 0.0952. The van der Waals surface area contributed by atoms with Crippen molar-refractivity contribution < 1.29 is 9.94 Å². The Morgan fingerprint density at radius 2 is 1.86 bits per heavy atom. The average Bonchev–Trinajstić information content (AvgIpc) is 2.99. The highest BCUT2D eigenvalue weighted by Gasteiger charge is 2.10. The first-order valence-electron chi connectivity index (χ1n) is 8.74. The monoisotopic (exact) mass is 373 g/mol. The van der Waals surface area contributed by atoms with E-state index in [1.807, 2.05) is 41.9 Å². The molecule has 2 N–H and O–H groups in total. The smallest absolute Gasteiger partial charge is 0.208 e. The largest absolute Gasteiger partial charge is 0.457 e. The van der Waals surface area contributed by atoms with E-state index in [9.17, 15) is 0 Å². The lowest BCUT2D eigenvalue weighted by Gasteiger charge is -2.07. The van der Waals surface area contributed by atoms with Crippen LogP contribution in [0.5, 0.6) is 11.5 Å². The Morgan fingerprint density at radius 3 is 2.64 bits per heavy atom. The molecule has 7 nitrogen and oxygen atoms in total. The molecule has 4 rings (SSSR count). The SMILES string of the molecule is Cc1ccc(Nc2nc3cc(Oc4ccnc(/C=N\O)c4)ccc3n2C)cc1. The van der Waals surface area contributed by atoms with Crippen LogP contribution in [-0.4, -0.2) is 26.0 Å². The van der Waals surface area contributed by atoms with Crippen LogP contribution in [0.4, 0.5) is 11.6 Å². The van der Waals surface area contributed by atoms with Gasteiger partial charge in [-0.25, -0.2) is 4.98 Å². The predicted octanol–water partition coefficient (Wildman–Crippen LogP) is 4.62. The molecular formula is C21H19N5O2. The van der Waals surface area contributed by atoms with Crippen molar-refractivity contribution in [3.63, 3.8) is 0 Å². The molecule has 0 saturated carbocycles. The first-order chi connectivity index (χ1) is 13.6. The van der Waals surface area contributed by atoms with E-state index in [1.165, 1.54) is 11.8 Å². The van der Waals surface area contributed by atoms with Gasteiger partial charge in [-0.3, -0.25) is 4.98 Å². The number of nitrogens with zero attached hydrogens (tertiary/aromatic N) is 4. The van der Waals surface area contributed by atoms with Crippen molar-refractivity contribution in [3.8, 4) is 11.5 Å². The molecule has 28 heavy (non-hydrogen) atoms. The lowest BCUT2D eigenvalue weighted by molar-refractivity contribution is 0.321. The third-order valence-electron chi connectivity index (χ3n) is 4.34. The van der Waals surface area contributed by atoms with Crippen molar-refractivity contribution in [1.29, 1.82) is 0 Å². The zero-order chi connectivity index (χ0) is 19.5. The van der Waals surface area contributed by atoms with Crippen LogP contribution in [0.3, 0.4) is 0 Å². The Labute approximate surface area is 161 Å². The van der Waals surface area contributed by atoms with Gasteiger partial charge in [0, 0.05) is 31.1 Å². The fourth-order valence-electron chi connectivity index (χ4n) is 2.88. The summed E-state index contributed by atoms with van der Waals surface area (Å²) >= 11 is 0. The Bertz CT molecular complexity index is 1150. The van der Waals surface area contributed by atoms with Crippen LogP contribution in [-0.2, 0) is 7.05 Å². The Kier molecular flexibility index (Phi) is 4.63. The number of hydrogen-bond acceptors (Lipinski definition) is 6. The second kappa shape index (κ2) is 7.40. The summed E-state index contributed by atoms with van der Waals surface area (Å²) in [6.45, 7) is 2.06. The van der Waals surface area contributed by atoms with Gasteiger partial charge in [0.05, 0.1) is 22.9 Å². The van der Waals surface area contributed by atoms with Gasteiger partial charge >= 0.3 is 0 Å². The van der Waals surface area contributed by atoms with Crippen molar-refractivity contribution in [2.75, 3.05) is 5.32 Å². The standard InChI is InChI=1S/C21H19N5O2/c1-14-3-5-15(6-4-14)24-21-25-19-12-17(7-8-20(19)26(21)2)28-18-9-10-22-16(11-18)13-23-27/h3-13,27H,1-2H3,(H,24,25)/b23-13-. The van der Waals surface area contributed by atoms with Crippen molar-refractivity contribution in [2.45, 2.75) is 6.92 Å². The third-order valence-corrected chi connectivity index (χ3v) is 4.34. The average molecular weight is 373 g/mol. The molecule has 0 aliphatic carbocycles. The molecule has 0 saturated heterocycles. The summed E-state index contributed by atoms with van der Waals surface area (Å²) < 4.78 is 7.90. The molecule has 4 aromatic rings. The zero-order valence-corrected chi connectivity index (χ0v) is 15.5. The Balaban J connectivity index is 1.60. The van der Waals surface area contributed by atoms with Gasteiger partial charge in [0.25, 0.3) is 0 Å². The molecule has 0 fully saturated rings. The van der Waals surface area contributed by atoms with Crippen LogP contribution in [0, 0.1) is 6.92 Å². The number of imidazole rings is 1. The Hall–Kier alpha value is -3.87. The highest BCUT2D eigenvalue weighted by atomic mass is 16.5. The molecule has 7 heteroatoms. The van der Waals surface area contributed by atoms with Gasteiger partial charge in [0.15, 0.2) is 0 Å².